The Morgan fingerprint density at radius 2 is 1.89 bits per heavy atom. The van der Waals surface area contributed by atoms with Gasteiger partial charge in [-0.1, -0.05) is 24.3 Å². The first-order valence-corrected chi connectivity index (χ1v) is 6.53. The number of carbonyl (C=O) groups excluding carboxylic acids is 1. The fraction of sp³-hybridized carbons (Fsp3) is 0.571. The monoisotopic (exact) mass is 247 g/mol. The molecule has 0 spiro atoms. The van der Waals surface area contributed by atoms with E-state index in [0.29, 0.717) is 18.3 Å². The summed E-state index contributed by atoms with van der Waals surface area (Å²) in [5, 5.41) is 11.9. The van der Waals surface area contributed by atoms with Gasteiger partial charge >= 0.3 is 5.97 Å². The molecule has 5 unspecified atom stereocenters. The lowest BCUT2D eigenvalue weighted by Crippen LogP contribution is -2.39. The first-order chi connectivity index (χ1) is 8.63. The van der Waals surface area contributed by atoms with Crippen LogP contribution in [-0.4, -0.2) is 23.0 Å². The van der Waals surface area contributed by atoms with Gasteiger partial charge in [-0.2, -0.15) is 0 Å². The smallest absolute Gasteiger partial charge is 0.310 e. The highest BCUT2D eigenvalue weighted by atomic mass is 16.4. The molecule has 0 radical (unpaired) electrons. The summed E-state index contributed by atoms with van der Waals surface area (Å²) in [5.74, 6) is -0.0989. The number of amides is 1. The summed E-state index contributed by atoms with van der Waals surface area (Å²) in [6.07, 6.45) is 10.4. The number of carboxylic acids is 1. The lowest BCUT2D eigenvalue weighted by atomic mass is 9.92. The second-order valence-electron chi connectivity index (χ2n) is 5.57. The van der Waals surface area contributed by atoms with Gasteiger partial charge in [0.05, 0.1) is 5.92 Å². The predicted octanol–water partition coefficient (Wildman–Crippen LogP) is 1.34. The van der Waals surface area contributed by atoms with Crippen LogP contribution >= 0.6 is 0 Å². The fourth-order valence-corrected chi connectivity index (χ4v) is 3.36. The Kier molecular flexibility index (Phi) is 2.73. The Labute approximate surface area is 106 Å². The van der Waals surface area contributed by atoms with E-state index >= 15 is 0 Å². The first kappa shape index (κ1) is 11.5. The van der Waals surface area contributed by atoms with E-state index in [1.54, 1.807) is 12.2 Å². The molecule has 0 aliphatic heterocycles. The van der Waals surface area contributed by atoms with Crippen LogP contribution in [0.25, 0.3) is 0 Å². The van der Waals surface area contributed by atoms with Gasteiger partial charge in [0.25, 0.3) is 0 Å². The second-order valence-corrected chi connectivity index (χ2v) is 5.57. The summed E-state index contributed by atoms with van der Waals surface area (Å²) in [4.78, 5) is 23.0. The maximum atomic E-state index is 12.1. The van der Waals surface area contributed by atoms with E-state index in [9.17, 15) is 9.59 Å². The summed E-state index contributed by atoms with van der Waals surface area (Å²) in [5.41, 5.74) is 0. The molecule has 0 heterocycles. The third-order valence-corrected chi connectivity index (χ3v) is 4.34. The number of nitrogens with one attached hydrogen (secondary N) is 1. The van der Waals surface area contributed by atoms with Gasteiger partial charge in [0.1, 0.15) is 0 Å². The van der Waals surface area contributed by atoms with Crippen molar-refractivity contribution in [2.45, 2.75) is 25.3 Å². The predicted molar refractivity (Wildman–Crippen MR) is 65.7 cm³/mol. The molecule has 18 heavy (non-hydrogen) atoms. The van der Waals surface area contributed by atoms with E-state index in [-0.39, 0.29) is 17.9 Å². The summed E-state index contributed by atoms with van der Waals surface area (Å²) in [6.45, 7) is 0. The van der Waals surface area contributed by atoms with Gasteiger partial charge < -0.3 is 10.4 Å². The van der Waals surface area contributed by atoms with Gasteiger partial charge in [0, 0.05) is 12.0 Å². The van der Waals surface area contributed by atoms with Gasteiger partial charge in [-0.3, -0.25) is 9.59 Å². The molecule has 0 aromatic rings. The second kappa shape index (κ2) is 4.26. The van der Waals surface area contributed by atoms with Crippen molar-refractivity contribution in [3.05, 3.63) is 24.3 Å². The zero-order valence-corrected chi connectivity index (χ0v) is 10.1. The van der Waals surface area contributed by atoms with Crippen LogP contribution < -0.4 is 5.32 Å². The number of rotatable bonds is 3. The third-order valence-electron chi connectivity index (χ3n) is 4.34. The minimum atomic E-state index is -0.814. The van der Waals surface area contributed by atoms with Crippen LogP contribution in [0.2, 0.25) is 0 Å². The van der Waals surface area contributed by atoms with Crippen LogP contribution in [0.15, 0.2) is 24.3 Å². The van der Waals surface area contributed by atoms with Crippen molar-refractivity contribution in [1.82, 2.24) is 5.32 Å². The van der Waals surface area contributed by atoms with Crippen molar-refractivity contribution in [2.24, 2.45) is 23.7 Å². The van der Waals surface area contributed by atoms with E-state index in [2.05, 4.69) is 17.5 Å². The van der Waals surface area contributed by atoms with Crippen molar-refractivity contribution in [3.63, 3.8) is 0 Å². The molecule has 1 fully saturated rings. The zero-order valence-electron chi connectivity index (χ0n) is 10.1. The van der Waals surface area contributed by atoms with Crippen LogP contribution in [-0.2, 0) is 9.59 Å². The molecule has 4 nitrogen and oxygen atoms in total. The molecule has 2 N–H and O–H groups in total. The molecule has 5 atom stereocenters. The van der Waals surface area contributed by atoms with Crippen LogP contribution in [0.1, 0.15) is 19.3 Å². The highest BCUT2D eigenvalue weighted by molar-refractivity contribution is 5.81. The molecular formula is C14H17NO3. The molecule has 0 aromatic heterocycles. The summed E-state index contributed by atoms with van der Waals surface area (Å²) < 4.78 is 0. The quantitative estimate of drug-likeness (QED) is 0.740. The lowest BCUT2D eigenvalue weighted by Gasteiger charge is -2.20. The molecule has 3 aliphatic rings. The summed E-state index contributed by atoms with van der Waals surface area (Å²) >= 11 is 0. The summed E-state index contributed by atoms with van der Waals surface area (Å²) in [7, 11) is 0. The third kappa shape index (κ3) is 1.96. The first-order valence-electron chi connectivity index (χ1n) is 6.53. The van der Waals surface area contributed by atoms with E-state index < -0.39 is 11.9 Å². The van der Waals surface area contributed by atoms with E-state index in [4.69, 9.17) is 5.11 Å². The van der Waals surface area contributed by atoms with E-state index in [1.165, 1.54) is 0 Å². The Morgan fingerprint density at radius 1 is 1.06 bits per heavy atom. The molecule has 1 amide bonds. The minimum absolute atomic E-state index is 0.0903. The van der Waals surface area contributed by atoms with Gasteiger partial charge in [-0.25, -0.2) is 0 Å². The van der Waals surface area contributed by atoms with Crippen LogP contribution in [0, 0.1) is 23.7 Å². The molecule has 0 saturated heterocycles. The Bertz CT molecular complexity index is 440. The number of aliphatic carboxylic acids is 1. The average molecular weight is 247 g/mol. The number of allylic oxidation sites excluding steroid dienone is 2. The zero-order chi connectivity index (χ0) is 12.7. The number of carboxylic acid groups (broad SMARTS) is 1. The highest BCUT2D eigenvalue weighted by Gasteiger charge is 2.40. The molecule has 96 valence electrons. The molecule has 1 saturated carbocycles. The standard InChI is InChI=1S/C14H17NO3/c16-13(12-6-8-1-2-9(12)5-8)15-11-4-3-10(7-11)14(17)18/h1-4,8-12H,5-7H2,(H,15,16)(H,17,18). The number of carbonyl (C=O) groups is 2. The Morgan fingerprint density at radius 3 is 2.44 bits per heavy atom. The topological polar surface area (TPSA) is 66.4 Å². The fourth-order valence-electron chi connectivity index (χ4n) is 3.36. The van der Waals surface area contributed by atoms with Crippen molar-refractivity contribution in [3.8, 4) is 0 Å². The molecular weight excluding hydrogens is 230 g/mol. The number of hydrogen-bond acceptors (Lipinski definition) is 2. The molecule has 3 aliphatic carbocycles. The minimum Gasteiger partial charge on any atom is -0.481 e. The van der Waals surface area contributed by atoms with E-state index in [0.717, 1.165) is 12.8 Å². The Hall–Kier alpha value is -1.58. The number of fused-ring (bicyclic) bond motifs is 2. The van der Waals surface area contributed by atoms with Crippen molar-refractivity contribution < 1.29 is 14.7 Å². The Balaban J connectivity index is 1.55. The van der Waals surface area contributed by atoms with Gasteiger partial charge in [0.15, 0.2) is 0 Å². The van der Waals surface area contributed by atoms with E-state index in [1.807, 2.05) is 0 Å². The van der Waals surface area contributed by atoms with Gasteiger partial charge in [-0.15, -0.1) is 0 Å². The van der Waals surface area contributed by atoms with Crippen molar-refractivity contribution in [2.75, 3.05) is 0 Å². The van der Waals surface area contributed by atoms with Crippen LogP contribution in [0.4, 0.5) is 0 Å². The van der Waals surface area contributed by atoms with Crippen LogP contribution in [0.5, 0.6) is 0 Å². The van der Waals surface area contributed by atoms with Gasteiger partial charge in [-0.05, 0) is 31.1 Å². The number of hydrogen-bond donors (Lipinski definition) is 2. The normalized spacial score (nSPS) is 40.3. The molecule has 3 rings (SSSR count). The summed E-state index contributed by atoms with van der Waals surface area (Å²) in [6, 6.07) is -0.110. The largest absolute Gasteiger partial charge is 0.481 e. The molecule has 2 bridgehead atoms. The molecule has 0 aromatic carbocycles. The maximum Gasteiger partial charge on any atom is 0.310 e. The van der Waals surface area contributed by atoms with Crippen LogP contribution in [0.3, 0.4) is 0 Å². The average Bonchev–Trinajstić information content (AvgIpc) is 3.03. The SMILES string of the molecule is O=C(O)C1C=CC(NC(=O)C2CC3C=CC2C3)C1. The van der Waals surface area contributed by atoms with Crippen molar-refractivity contribution in [1.29, 1.82) is 0 Å². The molecule has 4 heteroatoms. The van der Waals surface area contributed by atoms with Crippen molar-refractivity contribution >= 4 is 11.9 Å². The highest BCUT2D eigenvalue weighted by Crippen LogP contribution is 2.43. The maximum absolute atomic E-state index is 12.1. The van der Waals surface area contributed by atoms with Gasteiger partial charge in [0.2, 0.25) is 5.91 Å². The lowest BCUT2D eigenvalue weighted by molar-refractivity contribution is -0.140.